The van der Waals surface area contributed by atoms with Crippen molar-refractivity contribution in [1.29, 1.82) is 0 Å². The molecule has 0 aromatic heterocycles. The SMILES string of the molecule is COCCCN1CC(CN(C(=O)[C@H]2CN(C(=O)OC(C)(C)C)CC[C@@H]2c2cccc(-c3ccc(CN(CCOC)CCOC)cc3)c2)C2CC2)c2ccccc21. The van der Waals surface area contributed by atoms with Crippen molar-refractivity contribution < 1.29 is 28.5 Å². The van der Waals surface area contributed by atoms with E-state index in [1.165, 1.54) is 16.8 Å². The highest BCUT2D eigenvalue weighted by atomic mass is 16.6. The Bertz CT molecular complexity index is 1710. The van der Waals surface area contributed by atoms with Crippen LogP contribution in [0.15, 0.2) is 72.8 Å². The van der Waals surface area contributed by atoms with Gasteiger partial charge in [-0.05, 0) is 86.3 Å². The van der Waals surface area contributed by atoms with E-state index in [2.05, 4.69) is 87.5 Å². The number of methoxy groups -OCH3 is 3. The van der Waals surface area contributed by atoms with Crippen LogP contribution in [0.25, 0.3) is 11.1 Å². The molecule has 2 amide bonds. The van der Waals surface area contributed by atoms with Gasteiger partial charge in [-0.1, -0.05) is 66.7 Å². The molecule has 56 heavy (non-hydrogen) atoms. The van der Waals surface area contributed by atoms with Gasteiger partial charge in [0.25, 0.3) is 0 Å². The third kappa shape index (κ3) is 10.9. The number of anilines is 1. The Morgan fingerprint density at radius 3 is 2.20 bits per heavy atom. The topological polar surface area (TPSA) is 84.0 Å². The molecule has 3 aromatic rings. The summed E-state index contributed by atoms with van der Waals surface area (Å²) in [6, 6.07) is 26.4. The van der Waals surface area contributed by atoms with Crippen LogP contribution in [0.5, 0.6) is 0 Å². The molecule has 2 aliphatic heterocycles. The maximum atomic E-state index is 15.1. The van der Waals surface area contributed by atoms with Gasteiger partial charge in [0.05, 0.1) is 19.1 Å². The van der Waals surface area contributed by atoms with Crippen LogP contribution < -0.4 is 4.90 Å². The lowest BCUT2D eigenvalue weighted by Gasteiger charge is -2.41. The molecule has 0 N–H and O–H groups in total. The van der Waals surface area contributed by atoms with Gasteiger partial charge in [-0.15, -0.1) is 0 Å². The molecule has 10 nitrogen and oxygen atoms in total. The summed E-state index contributed by atoms with van der Waals surface area (Å²) in [6.07, 6.45) is 3.34. The first-order valence-corrected chi connectivity index (χ1v) is 20.6. The molecule has 1 saturated heterocycles. The van der Waals surface area contributed by atoms with Crippen molar-refractivity contribution in [3.05, 3.63) is 89.5 Å². The Balaban J connectivity index is 1.24. The number of para-hydroxylation sites is 1. The number of piperidine rings is 1. The predicted octanol–water partition coefficient (Wildman–Crippen LogP) is 7.42. The molecule has 2 heterocycles. The Morgan fingerprint density at radius 1 is 0.804 bits per heavy atom. The zero-order valence-electron chi connectivity index (χ0n) is 34.6. The third-order valence-corrected chi connectivity index (χ3v) is 11.4. The lowest BCUT2D eigenvalue weighted by molar-refractivity contribution is -0.138. The molecule has 3 aliphatic rings. The van der Waals surface area contributed by atoms with Crippen molar-refractivity contribution in [3.8, 4) is 11.1 Å². The Kier molecular flexibility index (Phi) is 14.5. The van der Waals surface area contributed by atoms with E-state index in [0.717, 1.165) is 75.3 Å². The van der Waals surface area contributed by atoms with E-state index in [-0.39, 0.29) is 35.8 Å². The van der Waals surface area contributed by atoms with Crippen LogP contribution in [0.2, 0.25) is 0 Å². The second kappa shape index (κ2) is 19.5. The van der Waals surface area contributed by atoms with Gasteiger partial charge in [0.2, 0.25) is 5.91 Å². The summed E-state index contributed by atoms with van der Waals surface area (Å²) in [4.78, 5) is 37.4. The first-order valence-electron chi connectivity index (χ1n) is 20.6. The Morgan fingerprint density at radius 2 is 1.52 bits per heavy atom. The molecule has 0 bridgehead atoms. The predicted molar refractivity (Wildman–Crippen MR) is 222 cm³/mol. The van der Waals surface area contributed by atoms with Gasteiger partial charge in [0.15, 0.2) is 0 Å². The van der Waals surface area contributed by atoms with Crippen molar-refractivity contribution in [2.24, 2.45) is 5.92 Å². The number of hydrogen-bond donors (Lipinski definition) is 0. The number of amides is 2. The Labute approximate surface area is 335 Å². The van der Waals surface area contributed by atoms with Crippen LogP contribution in [0.3, 0.4) is 0 Å². The van der Waals surface area contributed by atoms with E-state index in [4.69, 9.17) is 18.9 Å². The summed E-state index contributed by atoms with van der Waals surface area (Å²) in [7, 11) is 5.22. The van der Waals surface area contributed by atoms with E-state index in [9.17, 15) is 4.79 Å². The average molecular weight is 769 g/mol. The third-order valence-electron chi connectivity index (χ3n) is 11.4. The molecule has 3 atom stereocenters. The summed E-state index contributed by atoms with van der Waals surface area (Å²) in [5.41, 5.74) is 6.61. The smallest absolute Gasteiger partial charge is 0.410 e. The van der Waals surface area contributed by atoms with E-state index < -0.39 is 5.60 Å². The molecule has 1 aliphatic carbocycles. The highest BCUT2D eigenvalue weighted by Crippen LogP contribution is 2.42. The molecule has 0 spiro atoms. The largest absolute Gasteiger partial charge is 0.444 e. The van der Waals surface area contributed by atoms with Crippen molar-refractivity contribution in [3.63, 3.8) is 0 Å². The fourth-order valence-corrected chi connectivity index (χ4v) is 8.42. The molecule has 1 saturated carbocycles. The maximum Gasteiger partial charge on any atom is 0.410 e. The molecule has 2 fully saturated rings. The lowest BCUT2D eigenvalue weighted by atomic mass is 9.78. The van der Waals surface area contributed by atoms with E-state index in [0.29, 0.717) is 39.3 Å². The molecule has 6 rings (SSSR count). The second-order valence-corrected chi connectivity index (χ2v) is 16.8. The fourth-order valence-electron chi connectivity index (χ4n) is 8.42. The molecule has 304 valence electrons. The van der Waals surface area contributed by atoms with Crippen molar-refractivity contribution in [2.45, 2.75) is 76.5 Å². The summed E-state index contributed by atoms with van der Waals surface area (Å²) >= 11 is 0. The summed E-state index contributed by atoms with van der Waals surface area (Å²) in [6.45, 7) is 13.6. The van der Waals surface area contributed by atoms with Gasteiger partial charge >= 0.3 is 6.09 Å². The first-order chi connectivity index (χ1) is 27.1. The van der Waals surface area contributed by atoms with Crippen molar-refractivity contribution in [1.82, 2.24) is 14.7 Å². The number of carbonyl (C=O) groups excluding carboxylic acids is 2. The molecule has 3 aromatic carbocycles. The van der Waals surface area contributed by atoms with Crippen molar-refractivity contribution in [2.75, 3.05) is 91.9 Å². The number of carbonyl (C=O) groups is 2. The summed E-state index contributed by atoms with van der Waals surface area (Å²) in [5.74, 6) is -0.0321. The fraction of sp³-hybridized carbons (Fsp3) is 0.565. The molecule has 0 radical (unpaired) electrons. The Hall–Kier alpha value is -3.96. The zero-order valence-corrected chi connectivity index (χ0v) is 34.6. The lowest BCUT2D eigenvalue weighted by Crippen LogP contribution is -2.51. The number of likely N-dealkylation sites (tertiary alicyclic amines) is 1. The van der Waals surface area contributed by atoms with Crippen LogP contribution >= 0.6 is 0 Å². The summed E-state index contributed by atoms with van der Waals surface area (Å²) in [5, 5.41) is 0. The molecular formula is C46H64N4O6. The zero-order chi connectivity index (χ0) is 39.7. The van der Waals surface area contributed by atoms with E-state index in [1.54, 1.807) is 26.2 Å². The monoisotopic (exact) mass is 768 g/mol. The first kappa shape index (κ1) is 41.7. The van der Waals surface area contributed by atoms with E-state index >= 15 is 4.79 Å². The minimum absolute atomic E-state index is 0.0295. The second-order valence-electron chi connectivity index (χ2n) is 16.8. The van der Waals surface area contributed by atoms with Crippen LogP contribution in [-0.4, -0.2) is 125 Å². The maximum absolute atomic E-state index is 15.1. The molecular weight excluding hydrogens is 705 g/mol. The minimum Gasteiger partial charge on any atom is -0.444 e. The van der Waals surface area contributed by atoms with Crippen LogP contribution in [0.1, 0.15) is 75.0 Å². The standard InChI is InChI=1S/C46H64N4O6/c1-46(2,3)56-45(52)49-23-21-40(37-12-9-11-36(29-37)35-17-15-34(16-18-35)30-47(24-27-54-5)25-28-55-6)42(33-49)44(51)50(39-19-20-39)32-38-31-48(22-10-26-53-4)43-14-8-7-13-41(38)43/h7-9,11-18,29,38-40,42H,10,19-28,30-33H2,1-6H3/t38?,40-,42+/m1/s1. The van der Waals surface area contributed by atoms with Crippen LogP contribution in [-0.2, 0) is 30.3 Å². The van der Waals surface area contributed by atoms with Crippen LogP contribution in [0, 0.1) is 5.92 Å². The van der Waals surface area contributed by atoms with Gasteiger partial charge < -0.3 is 33.6 Å². The average Bonchev–Trinajstić information content (AvgIpc) is 3.99. The van der Waals surface area contributed by atoms with Gasteiger partial charge in [-0.2, -0.15) is 0 Å². The van der Waals surface area contributed by atoms with Gasteiger partial charge in [0, 0.05) is 97.9 Å². The summed E-state index contributed by atoms with van der Waals surface area (Å²) < 4.78 is 21.9. The van der Waals surface area contributed by atoms with Crippen molar-refractivity contribution >= 4 is 17.7 Å². The van der Waals surface area contributed by atoms with Gasteiger partial charge in [-0.3, -0.25) is 9.69 Å². The quantitative estimate of drug-likeness (QED) is 0.124. The number of rotatable bonds is 18. The number of fused-ring (bicyclic) bond motifs is 1. The van der Waals surface area contributed by atoms with Crippen LogP contribution in [0.4, 0.5) is 10.5 Å². The highest BCUT2D eigenvalue weighted by Gasteiger charge is 2.45. The number of benzene rings is 3. The minimum atomic E-state index is -0.617. The molecule has 1 unspecified atom stereocenters. The normalized spacial score (nSPS) is 19.7. The number of hydrogen-bond acceptors (Lipinski definition) is 8. The van der Waals surface area contributed by atoms with E-state index in [1.807, 2.05) is 20.8 Å². The molecule has 10 heteroatoms. The number of nitrogens with zero attached hydrogens (tertiary/aromatic N) is 4. The van der Waals surface area contributed by atoms with Gasteiger partial charge in [0.1, 0.15) is 5.60 Å². The highest BCUT2D eigenvalue weighted by molar-refractivity contribution is 5.82. The number of ether oxygens (including phenoxy) is 4. The van der Waals surface area contributed by atoms with Gasteiger partial charge in [-0.25, -0.2) is 4.79 Å².